The third kappa shape index (κ3) is 3.15. The van der Waals surface area contributed by atoms with Crippen LogP contribution in [0.2, 0.25) is 0 Å². The van der Waals surface area contributed by atoms with Crippen LogP contribution in [0.1, 0.15) is 54.3 Å². The van der Waals surface area contributed by atoms with E-state index in [1.165, 1.54) is 6.26 Å². The molecule has 4 rings (SSSR count). The van der Waals surface area contributed by atoms with E-state index < -0.39 is 5.60 Å². The molecule has 0 spiro atoms. The van der Waals surface area contributed by atoms with Crippen molar-refractivity contribution in [1.29, 1.82) is 0 Å². The number of hydrogen-bond donors (Lipinski definition) is 1. The maximum Gasteiger partial charge on any atom is 0.290 e. The molecule has 0 bridgehead atoms. The molecule has 6 nitrogen and oxygen atoms in total. The number of carbonyl (C=O) groups excluding carboxylic acids is 1. The molecule has 2 aliphatic rings. The van der Waals surface area contributed by atoms with Crippen LogP contribution >= 0.6 is 0 Å². The van der Waals surface area contributed by atoms with E-state index in [9.17, 15) is 9.90 Å². The minimum Gasteiger partial charge on any atom is -0.497 e. The SMILES string of the molecule is COc1ccc(OC)c(C2C3CCCCC3(O)CCN2C(=O)c2ccco2)c1. The number of rotatable bonds is 4. The molecule has 1 saturated carbocycles. The van der Waals surface area contributed by atoms with E-state index in [1.54, 1.807) is 26.4 Å². The number of piperidine rings is 1. The number of nitrogens with zero attached hydrogens (tertiary/aromatic N) is 1. The molecular weight excluding hydrogens is 358 g/mol. The summed E-state index contributed by atoms with van der Waals surface area (Å²) in [6, 6.07) is 8.73. The van der Waals surface area contributed by atoms with Crippen LogP contribution in [0.4, 0.5) is 0 Å². The number of furan rings is 1. The molecule has 1 amide bonds. The molecule has 150 valence electrons. The van der Waals surface area contributed by atoms with E-state index >= 15 is 0 Å². The molecule has 0 radical (unpaired) electrons. The van der Waals surface area contributed by atoms with Gasteiger partial charge in [-0.15, -0.1) is 0 Å². The average molecular weight is 385 g/mol. The van der Waals surface area contributed by atoms with E-state index in [4.69, 9.17) is 13.9 Å². The van der Waals surface area contributed by atoms with E-state index in [-0.39, 0.29) is 17.9 Å². The summed E-state index contributed by atoms with van der Waals surface area (Å²) in [4.78, 5) is 15.1. The summed E-state index contributed by atoms with van der Waals surface area (Å²) in [6.45, 7) is 0.470. The summed E-state index contributed by atoms with van der Waals surface area (Å²) >= 11 is 0. The first kappa shape index (κ1) is 18.9. The lowest BCUT2D eigenvalue weighted by Crippen LogP contribution is -2.56. The van der Waals surface area contributed by atoms with Crippen molar-refractivity contribution in [2.45, 2.75) is 43.7 Å². The first-order valence-electron chi connectivity index (χ1n) is 9.86. The van der Waals surface area contributed by atoms with E-state index in [0.29, 0.717) is 30.2 Å². The molecule has 2 aromatic rings. The highest BCUT2D eigenvalue weighted by Crippen LogP contribution is 2.51. The third-order valence-corrected chi connectivity index (χ3v) is 6.32. The monoisotopic (exact) mass is 385 g/mol. The molecule has 1 aliphatic heterocycles. The summed E-state index contributed by atoms with van der Waals surface area (Å²) in [5, 5.41) is 11.4. The number of carbonyl (C=O) groups is 1. The number of aliphatic hydroxyl groups is 1. The Labute approximate surface area is 165 Å². The average Bonchev–Trinajstić information content (AvgIpc) is 3.26. The Bertz CT molecular complexity index is 833. The van der Waals surface area contributed by atoms with Gasteiger partial charge in [-0.25, -0.2) is 0 Å². The summed E-state index contributed by atoms with van der Waals surface area (Å²) in [5.41, 5.74) is 0.100. The Morgan fingerprint density at radius 3 is 2.79 bits per heavy atom. The molecule has 6 heteroatoms. The zero-order chi connectivity index (χ0) is 19.7. The second-order valence-corrected chi connectivity index (χ2v) is 7.73. The number of methoxy groups -OCH3 is 2. The van der Waals surface area contributed by atoms with Gasteiger partial charge in [-0.05, 0) is 49.6 Å². The summed E-state index contributed by atoms with van der Waals surface area (Å²) in [7, 11) is 3.25. The number of amides is 1. The topological polar surface area (TPSA) is 72.1 Å². The summed E-state index contributed by atoms with van der Waals surface area (Å²) in [6.07, 6.45) is 5.77. The smallest absolute Gasteiger partial charge is 0.290 e. The fraction of sp³-hybridized carbons (Fsp3) is 0.500. The minimum atomic E-state index is -0.767. The number of benzene rings is 1. The van der Waals surface area contributed by atoms with Crippen molar-refractivity contribution in [3.8, 4) is 11.5 Å². The Morgan fingerprint density at radius 2 is 2.07 bits per heavy atom. The Kier molecular flexibility index (Phi) is 5.06. The van der Waals surface area contributed by atoms with Gasteiger partial charge in [0.05, 0.1) is 32.1 Å². The maximum atomic E-state index is 13.3. The number of fused-ring (bicyclic) bond motifs is 1. The molecule has 3 atom stereocenters. The molecule has 1 aromatic heterocycles. The number of hydrogen-bond acceptors (Lipinski definition) is 5. The van der Waals surface area contributed by atoms with Gasteiger partial charge < -0.3 is 23.9 Å². The standard InChI is InChI=1S/C22H27NO5/c1-26-15-8-9-18(27-2)16(14-15)20-17-6-3-4-10-22(17,25)11-12-23(20)21(24)19-7-5-13-28-19/h5,7-9,13-14,17,20,25H,3-4,6,10-12H2,1-2H3. The van der Waals surface area contributed by atoms with Gasteiger partial charge in [0, 0.05) is 18.0 Å². The van der Waals surface area contributed by atoms with Crippen LogP contribution in [0.5, 0.6) is 11.5 Å². The van der Waals surface area contributed by atoms with Crippen LogP contribution < -0.4 is 9.47 Å². The van der Waals surface area contributed by atoms with Crippen molar-refractivity contribution < 1.29 is 23.8 Å². The van der Waals surface area contributed by atoms with Gasteiger partial charge in [-0.2, -0.15) is 0 Å². The van der Waals surface area contributed by atoms with Crippen LogP contribution in [-0.4, -0.2) is 42.3 Å². The Morgan fingerprint density at radius 1 is 1.21 bits per heavy atom. The maximum absolute atomic E-state index is 13.3. The summed E-state index contributed by atoms with van der Waals surface area (Å²) in [5.74, 6) is 1.49. The third-order valence-electron chi connectivity index (χ3n) is 6.32. The number of likely N-dealkylation sites (tertiary alicyclic amines) is 1. The normalized spacial score (nSPS) is 27.2. The highest BCUT2D eigenvalue weighted by molar-refractivity contribution is 5.92. The zero-order valence-electron chi connectivity index (χ0n) is 16.4. The van der Waals surface area contributed by atoms with E-state index in [1.807, 2.05) is 23.1 Å². The molecular formula is C22H27NO5. The lowest BCUT2D eigenvalue weighted by atomic mass is 9.66. The molecule has 3 unspecified atom stereocenters. The molecule has 1 aromatic carbocycles. The second kappa shape index (κ2) is 7.51. The Balaban J connectivity index is 1.82. The first-order chi connectivity index (χ1) is 13.6. The molecule has 1 aliphatic carbocycles. The van der Waals surface area contributed by atoms with Gasteiger partial charge in [-0.1, -0.05) is 12.8 Å². The lowest BCUT2D eigenvalue weighted by molar-refractivity contribution is -0.115. The van der Waals surface area contributed by atoms with Crippen LogP contribution in [0.15, 0.2) is 41.0 Å². The van der Waals surface area contributed by atoms with E-state index in [0.717, 1.165) is 31.2 Å². The van der Waals surface area contributed by atoms with Crippen molar-refractivity contribution in [3.05, 3.63) is 47.9 Å². The van der Waals surface area contributed by atoms with Gasteiger partial charge in [0.25, 0.3) is 5.91 Å². The fourth-order valence-corrected chi connectivity index (χ4v) is 4.91. The van der Waals surface area contributed by atoms with Crippen molar-refractivity contribution in [3.63, 3.8) is 0 Å². The quantitative estimate of drug-likeness (QED) is 0.867. The van der Waals surface area contributed by atoms with Crippen LogP contribution in [0.25, 0.3) is 0 Å². The zero-order valence-corrected chi connectivity index (χ0v) is 16.4. The van der Waals surface area contributed by atoms with Crippen LogP contribution in [0.3, 0.4) is 0 Å². The van der Waals surface area contributed by atoms with Gasteiger partial charge >= 0.3 is 0 Å². The van der Waals surface area contributed by atoms with Crippen molar-refractivity contribution in [2.75, 3.05) is 20.8 Å². The lowest BCUT2D eigenvalue weighted by Gasteiger charge is -2.52. The highest BCUT2D eigenvalue weighted by atomic mass is 16.5. The first-order valence-corrected chi connectivity index (χ1v) is 9.86. The van der Waals surface area contributed by atoms with E-state index in [2.05, 4.69) is 0 Å². The number of ether oxygens (including phenoxy) is 2. The largest absolute Gasteiger partial charge is 0.497 e. The molecule has 1 N–H and O–H groups in total. The van der Waals surface area contributed by atoms with Gasteiger partial charge in [-0.3, -0.25) is 4.79 Å². The Hall–Kier alpha value is -2.47. The van der Waals surface area contributed by atoms with Crippen LogP contribution in [0, 0.1) is 5.92 Å². The van der Waals surface area contributed by atoms with Crippen molar-refractivity contribution in [1.82, 2.24) is 4.90 Å². The molecule has 1 saturated heterocycles. The van der Waals surface area contributed by atoms with Gasteiger partial charge in [0.15, 0.2) is 5.76 Å². The predicted molar refractivity (Wildman–Crippen MR) is 104 cm³/mol. The van der Waals surface area contributed by atoms with Crippen molar-refractivity contribution >= 4 is 5.91 Å². The van der Waals surface area contributed by atoms with Gasteiger partial charge in [0.2, 0.25) is 0 Å². The second-order valence-electron chi connectivity index (χ2n) is 7.73. The summed E-state index contributed by atoms with van der Waals surface area (Å²) < 4.78 is 16.5. The molecule has 2 fully saturated rings. The van der Waals surface area contributed by atoms with Gasteiger partial charge in [0.1, 0.15) is 11.5 Å². The minimum absolute atomic E-state index is 0.0603. The molecule has 28 heavy (non-hydrogen) atoms. The fourth-order valence-electron chi connectivity index (χ4n) is 4.91. The van der Waals surface area contributed by atoms with Crippen LogP contribution in [-0.2, 0) is 0 Å². The highest BCUT2D eigenvalue weighted by Gasteiger charge is 2.51. The molecule has 2 heterocycles. The predicted octanol–water partition coefficient (Wildman–Crippen LogP) is 3.81. The van der Waals surface area contributed by atoms with Crippen molar-refractivity contribution in [2.24, 2.45) is 5.92 Å².